The zero-order chi connectivity index (χ0) is 18.2. The van der Waals surface area contributed by atoms with E-state index in [4.69, 9.17) is 9.90 Å². The van der Waals surface area contributed by atoms with Gasteiger partial charge in [0.1, 0.15) is 0 Å². The molecule has 2 rings (SSSR count). The van der Waals surface area contributed by atoms with Crippen LogP contribution < -0.4 is 10.6 Å². The van der Waals surface area contributed by atoms with Gasteiger partial charge in [-0.2, -0.15) is 15.4 Å². The molecule has 0 atom stereocenters. The summed E-state index contributed by atoms with van der Waals surface area (Å²) in [6, 6.07) is 0. The van der Waals surface area contributed by atoms with Crippen LogP contribution in [0.1, 0.15) is 52.7 Å². The third-order valence-corrected chi connectivity index (χ3v) is 3.92. The Morgan fingerprint density at radius 2 is 1.96 bits per heavy atom. The van der Waals surface area contributed by atoms with Crippen molar-refractivity contribution < 1.29 is 14.7 Å². The van der Waals surface area contributed by atoms with Crippen LogP contribution in [0, 0.1) is 5.92 Å². The second kappa shape index (κ2) is 8.77. The summed E-state index contributed by atoms with van der Waals surface area (Å²) in [5, 5.41) is 23.8. The van der Waals surface area contributed by atoms with Crippen molar-refractivity contribution in [2.24, 2.45) is 5.92 Å². The maximum atomic E-state index is 12.1. The Balaban J connectivity index is 0.000000891. The van der Waals surface area contributed by atoms with Crippen molar-refractivity contribution in [2.45, 2.75) is 64.5 Å². The summed E-state index contributed by atoms with van der Waals surface area (Å²) < 4.78 is 0. The Morgan fingerprint density at radius 1 is 1.38 bits per heavy atom. The summed E-state index contributed by atoms with van der Waals surface area (Å²) in [6.45, 7) is 9.21. The van der Waals surface area contributed by atoms with Crippen molar-refractivity contribution in [1.29, 1.82) is 0 Å². The van der Waals surface area contributed by atoms with E-state index in [-0.39, 0.29) is 23.5 Å². The molecule has 0 radical (unpaired) electrons. The fourth-order valence-electron chi connectivity index (χ4n) is 3.69. The number of hydrogen-bond acceptors (Lipinski definition) is 5. The lowest BCUT2D eigenvalue weighted by molar-refractivity contribution is -0.123. The molecule has 8 heteroatoms. The van der Waals surface area contributed by atoms with E-state index in [0.29, 0.717) is 25.3 Å². The molecule has 1 aliphatic rings. The van der Waals surface area contributed by atoms with E-state index in [0.717, 1.165) is 18.5 Å². The largest absolute Gasteiger partial charge is 0.483 e. The van der Waals surface area contributed by atoms with Gasteiger partial charge in [0.05, 0.1) is 11.9 Å². The fourth-order valence-corrected chi connectivity index (χ4v) is 3.69. The highest BCUT2D eigenvalue weighted by Crippen LogP contribution is 2.34. The number of rotatable bonds is 5. The summed E-state index contributed by atoms with van der Waals surface area (Å²) in [5.41, 5.74) is 1.06. The molecule has 0 saturated carbocycles. The number of H-pyrrole nitrogens is 1. The number of aromatic amines is 1. The molecule has 8 nitrogen and oxygen atoms in total. The number of carbonyl (C=O) groups excluding carboxylic acids is 1. The molecule has 1 aromatic heterocycles. The number of hydrogen-bond donors (Lipinski definition) is 4. The first kappa shape index (κ1) is 20.1. The summed E-state index contributed by atoms with van der Waals surface area (Å²) >= 11 is 0. The van der Waals surface area contributed by atoms with Gasteiger partial charge in [0.2, 0.25) is 5.91 Å². The first-order valence-corrected chi connectivity index (χ1v) is 8.16. The number of aromatic nitrogens is 3. The molecule has 2 heterocycles. The highest BCUT2D eigenvalue weighted by atomic mass is 16.3. The number of amides is 1. The second-order valence-corrected chi connectivity index (χ2v) is 7.54. The minimum absolute atomic E-state index is 0.0907. The molecule has 0 spiro atoms. The minimum atomic E-state index is -0.250. The summed E-state index contributed by atoms with van der Waals surface area (Å²) in [6.07, 6.45) is 5.07. The van der Waals surface area contributed by atoms with E-state index in [9.17, 15) is 4.79 Å². The van der Waals surface area contributed by atoms with Crippen LogP contribution in [0.4, 0.5) is 0 Å². The van der Waals surface area contributed by atoms with Crippen LogP contribution in [0.5, 0.6) is 0 Å². The predicted molar refractivity (Wildman–Crippen MR) is 90.4 cm³/mol. The summed E-state index contributed by atoms with van der Waals surface area (Å²) in [4.78, 5) is 20.4. The number of nitrogens with one attached hydrogen (secondary N) is 3. The molecule has 1 aliphatic heterocycles. The molecule has 1 saturated heterocycles. The molecule has 1 aromatic rings. The maximum absolute atomic E-state index is 12.1. The van der Waals surface area contributed by atoms with Gasteiger partial charge in [0.15, 0.2) is 0 Å². The lowest BCUT2D eigenvalue weighted by Gasteiger charge is -2.46. The number of nitrogens with zero attached hydrogens (tertiary/aromatic N) is 2. The van der Waals surface area contributed by atoms with Gasteiger partial charge in [-0.15, -0.1) is 0 Å². The Kier molecular flexibility index (Phi) is 7.34. The van der Waals surface area contributed by atoms with Gasteiger partial charge in [-0.3, -0.25) is 9.59 Å². The highest BCUT2D eigenvalue weighted by molar-refractivity contribution is 5.76. The Hall–Kier alpha value is -1.96. The average Bonchev–Trinajstić information content (AvgIpc) is 2.88. The molecule has 0 aromatic carbocycles. The van der Waals surface area contributed by atoms with E-state index >= 15 is 0 Å². The SMILES string of the molecule is CC1(C)CC(CC(=O)NCCc2cn[nH]n2)CC(C)(C)N1.O=CO. The zero-order valence-corrected chi connectivity index (χ0v) is 14.9. The van der Waals surface area contributed by atoms with E-state index < -0.39 is 0 Å². The average molecular weight is 339 g/mol. The number of carbonyl (C=O) groups is 2. The van der Waals surface area contributed by atoms with Crippen LogP contribution in [-0.2, 0) is 16.0 Å². The van der Waals surface area contributed by atoms with Gasteiger partial charge in [0, 0.05) is 30.5 Å². The highest BCUT2D eigenvalue weighted by Gasteiger charge is 2.38. The molecule has 24 heavy (non-hydrogen) atoms. The Labute approximate surface area is 142 Å². The van der Waals surface area contributed by atoms with E-state index in [2.05, 4.69) is 53.7 Å². The van der Waals surface area contributed by atoms with Crippen molar-refractivity contribution >= 4 is 12.4 Å². The topological polar surface area (TPSA) is 120 Å². The molecule has 136 valence electrons. The van der Waals surface area contributed by atoms with E-state index in [1.165, 1.54) is 0 Å². The standard InChI is InChI=1S/C15H27N5O.CH2O2/c1-14(2)8-11(9-15(3,4)19-14)7-13(21)16-6-5-12-10-17-20-18-12;2-1-3/h10-11,19H,5-9H2,1-4H3,(H,16,21)(H,17,18,20);1H,(H,2,3). The molecule has 0 bridgehead atoms. The molecule has 4 N–H and O–H groups in total. The van der Waals surface area contributed by atoms with Crippen LogP contribution >= 0.6 is 0 Å². The number of carboxylic acid groups (broad SMARTS) is 1. The second-order valence-electron chi connectivity index (χ2n) is 7.54. The van der Waals surface area contributed by atoms with Gasteiger partial charge < -0.3 is 15.7 Å². The molecular formula is C16H29N5O3. The Bertz CT molecular complexity index is 498. The molecule has 1 fully saturated rings. The first-order valence-electron chi connectivity index (χ1n) is 8.16. The van der Waals surface area contributed by atoms with Gasteiger partial charge in [0.25, 0.3) is 6.47 Å². The molecule has 0 aliphatic carbocycles. The lowest BCUT2D eigenvalue weighted by Crippen LogP contribution is -2.58. The maximum Gasteiger partial charge on any atom is 0.290 e. The van der Waals surface area contributed by atoms with Crippen molar-refractivity contribution in [3.8, 4) is 0 Å². The Morgan fingerprint density at radius 3 is 2.46 bits per heavy atom. The van der Waals surface area contributed by atoms with Crippen molar-refractivity contribution in [3.05, 3.63) is 11.9 Å². The van der Waals surface area contributed by atoms with Crippen LogP contribution in [0.15, 0.2) is 6.20 Å². The summed E-state index contributed by atoms with van der Waals surface area (Å²) in [7, 11) is 0. The van der Waals surface area contributed by atoms with Crippen LogP contribution in [0.2, 0.25) is 0 Å². The van der Waals surface area contributed by atoms with Crippen molar-refractivity contribution in [3.63, 3.8) is 0 Å². The van der Waals surface area contributed by atoms with Gasteiger partial charge >= 0.3 is 0 Å². The van der Waals surface area contributed by atoms with Gasteiger partial charge in [-0.1, -0.05) is 0 Å². The summed E-state index contributed by atoms with van der Waals surface area (Å²) in [5.74, 6) is 0.570. The third kappa shape index (κ3) is 7.54. The molecule has 1 amide bonds. The predicted octanol–water partition coefficient (Wildman–Crippen LogP) is 1.11. The number of piperidine rings is 1. The van der Waals surface area contributed by atoms with Crippen molar-refractivity contribution in [2.75, 3.05) is 6.54 Å². The zero-order valence-electron chi connectivity index (χ0n) is 14.9. The van der Waals surface area contributed by atoms with Gasteiger partial charge in [-0.05, 0) is 46.5 Å². The quantitative estimate of drug-likeness (QED) is 0.597. The lowest BCUT2D eigenvalue weighted by atomic mass is 9.74. The minimum Gasteiger partial charge on any atom is -0.483 e. The van der Waals surface area contributed by atoms with Gasteiger partial charge in [-0.25, -0.2) is 0 Å². The van der Waals surface area contributed by atoms with Crippen LogP contribution in [0.25, 0.3) is 0 Å². The van der Waals surface area contributed by atoms with Crippen LogP contribution in [0.3, 0.4) is 0 Å². The first-order chi connectivity index (χ1) is 11.2. The van der Waals surface area contributed by atoms with E-state index in [1.54, 1.807) is 6.20 Å². The fraction of sp³-hybridized carbons (Fsp3) is 0.750. The molecular weight excluding hydrogens is 310 g/mol. The third-order valence-electron chi connectivity index (χ3n) is 3.92. The van der Waals surface area contributed by atoms with E-state index in [1.807, 2.05) is 0 Å². The van der Waals surface area contributed by atoms with Crippen molar-refractivity contribution in [1.82, 2.24) is 26.0 Å². The smallest absolute Gasteiger partial charge is 0.290 e. The molecule has 0 unspecified atom stereocenters. The normalized spacial score (nSPS) is 19.0. The monoisotopic (exact) mass is 339 g/mol. The van der Waals surface area contributed by atoms with Crippen LogP contribution in [-0.4, -0.2) is 50.5 Å².